The number of carbonyl (C=O) groups excluding carboxylic acids is 5. The highest BCUT2D eigenvalue weighted by atomic mass is 16.6. The van der Waals surface area contributed by atoms with Crippen LogP contribution in [0.15, 0.2) is 71.9 Å². The molecule has 0 saturated heterocycles. The molecule has 1 unspecified atom stereocenters. The first-order chi connectivity index (χ1) is 34.1. The van der Waals surface area contributed by atoms with Crippen LogP contribution in [0, 0.1) is 0 Å². The number of anilines is 3. The van der Waals surface area contributed by atoms with Gasteiger partial charge in [0, 0.05) is 62.9 Å². The second-order valence-electron chi connectivity index (χ2n) is 17.4. The summed E-state index contributed by atoms with van der Waals surface area (Å²) in [6.07, 6.45) is 5.76. The maximum absolute atomic E-state index is 13.8. The molecule has 1 aromatic carbocycles. The number of hydrogen-bond acceptors (Lipinski definition) is 14. The van der Waals surface area contributed by atoms with Crippen LogP contribution in [0.25, 0.3) is 22.3 Å². The number of nitrogens with zero attached hydrogens (tertiary/aromatic N) is 6. The summed E-state index contributed by atoms with van der Waals surface area (Å²) in [7, 11) is 8.29. The molecule has 0 spiro atoms. The molecule has 8 rings (SSSR count). The predicted molar refractivity (Wildman–Crippen MR) is 259 cm³/mol. The smallest absolute Gasteiger partial charge is 0.343 e. The molecule has 6 aromatic rings. The minimum Gasteiger partial charge on any atom is -0.492 e. The summed E-state index contributed by atoms with van der Waals surface area (Å²) in [5.74, 6) is -1.95. The average molecular weight is 977 g/mol. The Morgan fingerprint density at radius 3 is 1.97 bits per heavy atom. The van der Waals surface area contributed by atoms with Crippen molar-refractivity contribution in [2.45, 2.75) is 65.1 Å². The maximum atomic E-state index is 13.8. The number of hydrogen-bond donors (Lipinski definition) is 5. The van der Waals surface area contributed by atoms with Gasteiger partial charge in [-0.2, -0.15) is 0 Å². The van der Waals surface area contributed by atoms with Crippen molar-refractivity contribution in [2.24, 2.45) is 0 Å². The van der Waals surface area contributed by atoms with Gasteiger partial charge in [0.1, 0.15) is 56.2 Å². The summed E-state index contributed by atoms with van der Waals surface area (Å²) >= 11 is 0. The third-order valence-electron chi connectivity index (χ3n) is 12.1. The van der Waals surface area contributed by atoms with Gasteiger partial charge in [-0.15, -0.1) is 0 Å². The fraction of sp³-hybridized carbons (Fsp3) is 0.367. The van der Waals surface area contributed by atoms with Crippen LogP contribution in [0.3, 0.4) is 0 Å². The molecular weight excluding hydrogens is 921 g/mol. The van der Waals surface area contributed by atoms with E-state index in [2.05, 4.69) is 21.3 Å². The third-order valence-corrected chi connectivity index (χ3v) is 12.1. The van der Waals surface area contributed by atoms with Gasteiger partial charge in [0.05, 0.1) is 52.6 Å². The second kappa shape index (κ2) is 21.2. The van der Waals surface area contributed by atoms with E-state index < -0.39 is 29.3 Å². The number of amides is 4. The number of methoxy groups -OCH3 is 3. The summed E-state index contributed by atoms with van der Waals surface area (Å²) in [5, 5.41) is 23.3. The quantitative estimate of drug-likeness (QED) is 0.0507. The van der Waals surface area contributed by atoms with Crippen LogP contribution < -0.4 is 31.6 Å². The van der Waals surface area contributed by atoms with Gasteiger partial charge in [0.25, 0.3) is 23.3 Å². The zero-order valence-corrected chi connectivity index (χ0v) is 40.3. The van der Waals surface area contributed by atoms with Crippen LogP contribution in [0.4, 0.5) is 17.1 Å². The lowest BCUT2D eigenvalue weighted by atomic mass is 9.86. The highest BCUT2D eigenvalue weighted by molar-refractivity contribution is 6.08. The summed E-state index contributed by atoms with van der Waals surface area (Å²) in [6.45, 7) is 2.72. The van der Waals surface area contributed by atoms with Crippen molar-refractivity contribution < 1.29 is 52.8 Å². The molecule has 2 aliphatic rings. The third kappa shape index (κ3) is 10.5. The van der Waals surface area contributed by atoms with Crippen molar-refractivity contribution in [3.8, 4) is 17.1 Å². The van der Waals surface area contributed by atoms with Crippen LogP contribution >= 0.6 is 0 Å². The number of carbonyl (C=O) groups is 5. The molecule has 4 amide bonds. The standard InChI is InChI=1S/C49H56N10O12/c1-7-49(66)36-20-38-43-30(21-59(38)47(64)35(36)25-71-48(49)65)15-29-16-34(10-11-37(29)54-43)70-14-12-50-44(61)39-18-32(23-56(39)26-67-4)52-46(63)41-19-33(24-58(41)28-69-6)53-45(62)40-17-31(22-57(40)27-68-5)51-42(60)9-8-13-55(2)3/h10-11,15-20,22-24,66H,7-9,12-14,21,25-28H2,1-6H3,(H,50,61)(H,51,60)(H,52,63)(H,53,62). The molecule has 0 bridgehead atoms. The van der Waals surface area contributed by atoms with Crippen molar-refractivity contribution >= 4 is 57.6 Å². The first-order valence-corrected chi connectivity index (χ1v) is 22.8. The van der Waals surface area contributed by atoms with Gasteiger partial charge < -0.3 is 73.2 Å². The van der Waals surface area contributed by atoms with E-state index in [1.54, 1.807) is 58.9 Å². The highest BCUT2D eigenvalue weighted by Gasteiger charge is 2.45. The van der Waals surface area contributed by atoms with Gasteiger partial charge in [-0.05, 0) is 82.0 Å². The molecule has 0 radical (unpaired) electrons. The van der Waals surface area contributed by atoms with Crippen LogP contribution in [-0.4, -0.2) is 118 Å². The highest BCUT2D eigenvalue weighted by Crippen LogP contribution is 2.39. The first-order valence-electron chi connectivity index (χ1n) is 22.8. The Morgan fingerprint density at radius 1 is 0.803 bits per heavy atom. The number of rotatable bonds is 21. The van der Waals surface area contributed by atoms with E-state index >= 15 is 0 Å². The molecule has 1 atom stereocenters. The Labute approximate surface area is 407 Å². The van der Waals surface area contributed by atoms with Crippen molar-refractivity contribution in [1.82, 2.24) is 33.5 Å². The van der Waals surface area contributed by atoms with Crippen LogP contribution in [-0.2, 0) is 67.5 Å². The maximum Gasteiger partial charge on any atom is 0.343 e. The molecule has 0 fully saturated rings. The van der Waals surface area contributed by atoms with Crippen molar-refractivity contribution in [3.05, 3.63) is 111 Å². The minimum absolute atomic E-state index is 0.00388. The molecule has 374 valence electrons. The summed E-state index contributed by atoms with van der Waals surface area (Å²) in [4.78, 5) is 86.3. The Bertz CT molecular complexity index is 3090. The van der Waals surface area contributed by atoms with Gasteiger partial charge in [-0.25, -0.2) is 9.78 Å². The lowest BCUT2D eigenvalue weighted by molar-refractivity contribution is -0.172. The van der Waals surface area contributed by atoms with E-state index in [9.17, 15) is 33.9 Å². The fourth-order valence-corrected chi connectivity index (χ4v) is 8.69. The van der Waals surface area contributed by atoms with Gasteiger partial charge >= 0.3 is 5.97 Å². The number of pyridine rings is 2. The average Bonchev–Trinajstić information content (AvgIpc) is 4.13. The number of benzene rings is 1. The van der Waals surface area contributed by atoms with E-state index in [1.807, 2.05) is 31.1 Å². The van der Waals surface area contributed by atoms with Crippen LogP contribution in [0.5, 0.6) is 5.75 Å². The van der Waals surface area contributed by atoms with Gasteiger partial charge in [-0.3, -0.25) is 24.0 Å². The van der Waals surface area contributed by atoms with Gasteiger partial charge in [-0.1, -0.05) is 6.92 Å². The Morgan fingerprint density at radius 2 is 1.39 bits per heavy atom. The minimum atomic E-state index is -1.92. The van der Waals surface area contributed by atoms with Crippen molar-refractivity contribution in [3.63, 3.8) is 0 Å². The fourth-order valence-electron chi connectivity index (χ4n) is 8.69. The van der Waals surface area contributed by atoms with E-state index in [1.165, 1.54) is 42.6 Å². The Hall–Kier alpha value is -7.63. The van der Waals surface area contributed by atoms with Crippen LogP contribution in [0.2, 0.25) is 0 Å². The molecule has 0 saturated carbocycles. The number of cyclic esters (lactones) is 1. The normalized spacial score (nSPS) is 14.7. The topological polar surface area (TPSA) is 253 Å². The predicted octanol–water partition coefficient (Wildman–Crippen LogP) is 3.89. The number of ether oxygens (including phenoxy) is 5. The number of nitrogens with one attached hydrogen (secondary N) is 4. The SMILES string of the molecule is CCC1(O)C(=O)OCc2c1cc1n(c2=O)Cc2cc3cc(OCCNC(=O)c4cc(NC(=O)c5cc(NC(=O)c6cc(NC(=O)CCCN(C)C)cn6COC)cn5COC)cn4COC)ccc3nc2-1. The molecular formula is C49H56N10O12. The van der Waals surface area contributed by atoms with E-state index in [4.69, 9.17) is 28.7 Å². The summed E-state index contributed by atoms with van der Waals surface area (Å²) in [5.41, 5.74) is 2.36. The van der Waals surface area contributed by atoms with E-state index in [0.29, 0.717) is 52.6 Å². The molecule has 7 heterocycles. The Balaban J connectivity index is 0.888. The monoisotopic (exact) mass is 976 g/mol. The van der Waals surface area contributed by atoms with Crippen molar-refractivity contribution in [2.75, 3.05) is 71.1 Å². The molecule has 71 heavy (non-hydrogen) atoms. The van der Waals surface area contributed by atoms with Crippen LogP contribution in [0.1, 0.15) is 74.3 Å². The number of fused-ring (bicyclic) bond motifs is 5. The molecule has 0 aliphatic carbocycles. The molecule has 22 heteroatoms. The number of esters is 1. The number of aromatic nitrogens is 5. The van der Waals surface area contributed by atoms with Gasteiger partial charge in [0.2, 0.25) is 5.91 Å². The molecule has 22 nitrogen and oxygen atoms in total. The van der Waals surface area contributed by atoms with Crippen molar-refractivity contribution in [1.29, 1.82) is 0 Å². The largest absolute Gasteiger partial charge is 0.492 e. The molecule has 5 aromatic heterocycles. The zero-order valence-electron chi connectivity index (χ0n) is 40.3. The zero-order chi connectivity index (χ0) is 50.6. The van der Waals surface area contributed by atoms with E-state index in [-0.39, 0.29) is 92.6 Å². The van der Waals surface area contributed by atoms with Gasteiger partial charge in [0.15, 0.2) is 5.60 Å². The lowest BCUT2D eigenvalue weighted by Crippen LogP contribution is -2.44. The molecule has 2 aliphatic heterocycles. The first kappa shape index (κ1) is 49.8. The summed E-state index contributed by atoms with van der Waals surface area (Å²) in [6, 6.07) is 13.5. The lowest BCUT2D eigenvalue weighted by Gasteiger charge is -2.31. The number of aliphatic hydroxyl groups is 1. The van der Waals surface area contributed by atoms with E-state index in [0.717, 1.165) is 17.5 Å². The Kier molecular flexibility index (Phi) is 14.8. The summed E-state index contributed by atoms with van der Waals surface area (Å²) < 4.78 is 33.3. The molecule has 5 N–H and O–H groups in total. The second-order valence-corrected chi connectivity index (χ2v) is 17.4.